The van der Waals surface area contributed by atoms with Gasteiger partial charge in [0.15, 0.2) is 0 Å². The number of thiazole rings is 1. The van der Waals surface area contributed by atoms with Crippen molar-refractivity contribution < 1.29 is 9.53 Å². The summed E-state index contributed by atoms with van der Waals surface area (Å²) in [5.74, 6) is 0.175. The minimum Gasteiger partial charge on any atom is -0.365 e. The van der Waals surface area contributed by atoms with E-state index in [2.05, 4.69) is 11.9 Å². The molecule has 0 radical (unpaired) electrons. The second kappa shape index (κ2) is 7.55. The number of amides is 1. The number of piperidine rings is 1. The first-order valence-corrected chi connectivity index (χ1v) is 9.53. The Kier molecular flexibility index (Phi) is 5.47. The van der Waals surface area contributed by atoms with E-state index in [-0.39, 0.29) is 24.2 Å². The molecule has 2 unspecified atom stereocenters. The second-order valence-electron chi connectivity index (χ2n) is 6.35. The Morgan fingerprint density at radius 2 is 2.14 bits per heavy atom. The summed E-state index contributed by atoms with van der Waals surface area (Å²) in [5.41, 5.74) is 0. The molecule has 2 atom stereocenters. The fourth-order valence-electron chi connectivity index (χ4n) is 3.62. The molecule has 5 heteroatoms. The summed E-state index contributed by atoms with van der Waals surface area (Å²) in [4.78, 5) is 19.5. The molecule has 0 spiro atoms. The van der Waals surface area contributed by atoms with E-state index in [0.717, 1.165) is 43.7 Å². The first-order chi connectivity index (χ1) is 10.8. The fourth-order valence-corrected chi connectivity index (χ4v) is 4.41. The van der Waals surface area contributed by atoms with Crippen LogP contribution in [-0.2, 0) is 9.53 Å². The van der Waals surface area contributed by atoms with Crippen molar-refractivity contribution >= 4 is 17.2 Å². The summed E-state index contributed by atoms with van der Waals surface area (Å²) < 4.78 is 6.13. The van der Waals surface area contributed by atoms with Crippen LogP contribution in [0.25, 0.3) is 0 Å². The summed E-state index contributed by atoms with van der Waals surface area (Å²) in [6, 6.07) is 0.155. The van der Waals surface area contributed by atoms with Gasteiger partial charge in [-0.05, 0) is 38.5 Å². The number of aromatic nitrogens is 1. The lowest BCUT2D eigenvalue weighted by Crippen LogP contribution is -2.45. The zero-order valence-electron chi connectivity index (χ0n) is 13.4. The molecule has 1 aromatic rings. The molecule has 4 nitrogen and oxygen atoms in total. The Hall–Kier alpha value is -0.940. The number of ether oxygens (including phenoxy) is 1. The van der Waals surface area contributed by atoms with Crippen LogP contribution in [0.2, 0.25) is 0 Å². The third-order valence-corrected chi connectivity index (χ3v) is 5.70. The van der Waals surface area contributed by atoms with Crippen molar-refractivity contribution in [1.29, 1.82) is 0 Å². The Morgan fingerprint density at radius 3 is 2.82 bits per heavy atom. The van der Waals surface area contributed by atoms with E-state index >= 15 is 0 Å². The molecule has 122 valence electrons. The highest BCUT2D eigenvalue weighted by atomic mass is 32.1. The number of hydrogen-bond acceptors (Lipinski definition) is 4. The standard InChI is InChI=1S/C17H26N2O2S/c1-2-15(21-13-7-3-4-8-13)17(20)19-11-6-5-9-14(19)16-18-10-12-22-16/h10,12-15H,2-9,11H2,1H3. The van der Waals surface area contributed by atoms with Gasteiger partial charge in [0.1, 0.15) is 11.1 Å². The van der Waals surface area contributed by atoms with Crippen molar-refractivity contribution in [3.05, 3.63) is 16.6 Å². The number of rotatable bonds is 5. The van der Waals surface area contributed by atoms with Crippen molar-refractivity contribution in [3.63, 3.8) is 0 Å². The normalized spacial score (nSPS) is 24.6. The quantitative estimate of drug-likeness (QED) is 0.825. The topological polar surface area (TPSA) is 42.4 Å². The van der Waals surface area contributed by atoms with Crippen LogP contribution >= 0.6 is 11.3 Å². The Labute approximate surface area is 136 Å². The molecule has 1 saturated carbocycles. The maximum absolute atomic E-state index is 13.0. The Morgan fingerprint density at radius 1 is 1.36 bits per heavy atom. The summed E-state index contributed by atoms with van der Waals surface area (Å²) in [6.45, 7) is 2.90. The number of likely N-dealkylation sites (tertiary alicyclic amines) is 1. The molecule has 1 aliphatic heterocycles. The average molecular weight is 322 g/mol. The SMILES string of the molecule is CCC(OC1CCCC1)C(=O)N1CCCCC1c1nccs1. The molecule has 0 bridgehead atoms. The van der Waals surface area contributed by atoms with Crippen molar-refractivity contribution in [2.45, 2.75) is 76.5 Å². The molecule has 2 heterocycles. The van der Waals surface area contributed by atoms with E-state index in [1.54, 1.807) is 11.3 Å². The molecule has 2 aliphatic rings. The van der Waals surface area contributed by atoms with E-state index in [1.807, 2.05) is 16.5 Å². The van der Waals surface area contributed by atoms with Crippen molar-refractivity contribution in [2.24, 2.45) is 0 Å². The molecule has 1 aromatic heterocycles. The zero-order chi connectivity index (χ0) is 15.4. The number of nitrogens with zero attached hydrogens (tertiary/aromatic N) is 2. The Bertz CT molecular complexity index is 471. The van der Waals surface area contributed by atoms with Gasteiger partial charge in [0.05, 0.1) is 12.1 Å². The van der Waals surface area contributed by atoms with E-state index in [9.17, 15) is 4.79 Å². The van der Waals surface area contributed by atoms with Crippen molar-refractivity contribution in [3.8, 4) is 0 Å². The zero-order valence-corrected chi connectivity index (χ0v) is 14.2. The maximum atomic E-state index is 13.0. The summed E-state index contributed by atoms with van der Waals surface area (Å²) in [6.07, 6.45) is 10.6. The van der Waals surface area contributed by atoms with Gasteiger partial charge in [0.25, 0.3) is 5.91 Å². The molecule has 3 rings (SSSR count). The van der Waals surface area contributed by atoms with Crippen LogP contribution in [0.3, 0.4) is 0 Å². The van der Waals surface area contributed by atoms with E-state index in [4.69, 9.17) is 4.74 Å². The largest absolute Gasteiger partial charge is 0.365 e. The third kappa shape index (κ3) is 3.51. The fraction of sp³-hybridized carbons (Fsp3) is 0.765. The van der Waals surface area contributed by atoms with Crippen LogP contribution in [0.1, 0.15) is 69.3 Å². The highest BCUT2D eigenvalue weighted by molar-refractivity contribution is 7.09. The van der Waals surface area contributed by atoms with Crippen molar-refractivity contribution in [1.82, 2.24) is 9.88 Å². The molecule has 1 saturated heterocycles. The van der Waals surface area contributed by atoms with Gasteiger partial charge in [0.2, 0.25) is 0 Å². The van der Waals surface area contributed by atoms with E-state index < -0.39 is 0 Å². The van der Waals surface area contributed by atoms with Gasteiger partial charge in [-0.1, -0.05) is 19.8 Å². The molecule has 1 aliphatic carbocycles. The third-order valence-electron chi connectivity index (χ3n) is 4.83. The lowest BCUT2D eigenvalue weighted by atomic mass is 10.0. The molecular formula is C17H26N2O2S. The minimum atomic E-state index is -0.274. The molecule has 22 heavy (non-hydrogen) atoms. The number of hydrogen-bond donors (Lipinski definition) is 0. The predicted molar refractivity (Wildman–Crippen MR) is 87.8 cm³/mol. The van der Waals surface area contributed by atoms with E-state index in [1.165, 1.54) is 19.3 Å². The van der Waals surface area contributed by atoms with Crippen LogP contribution in [0.5, 0.6) is 0 Å². The molecule has 0 N–H and O–H groups in total. The van der Waals surface area contributed by atoms with Crippen LogP contribution in [-0.4, -0.2) is 34.5 Å². The molecular weight excluding hydrogens is 296 g/mol. The van der Waals surface area contributed by atoms with Gasteiger partial charge in [-0.25, -0.2) is 4.98 Å². The minimum absolute atomic E-state index is 0.155. The van der Waals surface area contributed by atoms with Gasteiger partial charge in [-0.3, -0.25) is 4.79 Å². The van der Waals surface area contributed by atoms with Gasteiger partial charge < -0.3 is 9.64 Å². The van der Waals surface area contributed by atoms with Gasteiger partial charge in [-0.2, -0.15) is 0 Å². The van der Waals surface area contributed by atoms with Crippen molar-refractivity contribution in [2.75, 3.05) is 6.54 Å². The first kappa shape index (κ1) is 15.9. The van der Waals surface area contributed by atoms with Crippen LogP contribution in [0, 0.1) is 0 Å². The smallest absolute Gasteiger partial charge is 0.252 e. The first-order valence-electron chi connectivity index (χ1n) is 8.65. The summed E-state index contributed by atoms with van der Waals surface area (Å²) in [5, 5.41) is 3.07. The lowest BCUT2D eigenvalue weighted by molar-refractivity contribution is -0.151. The highest BCUT2D eigenvalue weighted by Crippen LogP contribution is 2.33. The van der Waals surface area contributed by atoms with Gasteiger partial charge >= 0.3 is 0 Å². The molecule has 1 amide bonds. The predicted octanol–water partition coefficient (Wildman–Crippen LogP) is 3.93. The van der Waals surface area contributed by atoms with Crippen LogP contribution in [0.4, 0.5) is 0 Å². The number of carbonyl (C=O) groups excluding carboxylic acids is 1. The monoisotopic (exact) mass is 322 g/mol. The average Bonchev–Trinajstić information content (AvgIpc) is 3.25. The van der Waals surface area contributed by atoms with Gasteiger partial charge in [-0.15, -0.1) is 11.3 Å². The summed E-state index contributed by atoms with van der Waals surface area (Å²) in [7, 11) is 0. The highest BCUT2D eigenvalue weighted by Gasteiger charge is 2.34. The summed E-state index contributed by atoms with van der Waals surface area (Å²) >= 11 is 1.66. The molecule has 2 fully saturated rings. The second-order valence-corrected chi connectivity index (χ2v) is 7.28. The number of carbonyl (C=O) groups is 1. The van der Waals surface area contributed by atoms with Crippen LogP contribution < -0.4 is 0 Å². The van der Waals surface area contributed by atoms with Crippen LogP contribution in [0.15, 0.2) is 11.6 Å². The van der Waals surface area contributed by atoms with Gasteiger partial charge in [0, 0.05) is 18.1 Å². The molecule has 0 aromatic carbocycles. The van der Waals surface area contributed by atoms with E-state index in [0.29, 0.717) is 0 Å². The maximum Gasteiger partial charge on any atom is 0.252 e. The lowest BCUT2D eigenvalue weighted by Gasteiger charge is -2.37. The Balaban J connectivity index is 1.69.